The van der Waals surface area contributed by atoms with E-state index in [0.717, 1.165) is 13.0 Å². The predicted octanol–water partition coefficient (Wildman–Crippen LogP) is -0.223. The number of likely N-dealkylation sites (N-methyl/N-ethyl adjacent to an activating group) is 1. The molecular weight excluding hydrogens is 220 g/mol. The van der Waals surface area contributed by atoms with Crippen LogP contribution >= 0.6 is 0 Å². The Morgan fingerprint density at radius 2 is 2.29 bits per heavy atom. The van der Waals surface area contributed by atoms with Crippen molar-refractivity contribution in [2.45, 2.75) is 24.7 Å². The molecule has 2 saturated heterocycles. The lowest BCUT2D eigenvalue weighted by Crippen LogP contribution is -2.51. The van der Waals surface area contributed by atoms with Gasteiger partial charge in [0.2, 0.25) is 0 Å². The molecule has 2 aliphatic heterocycles. The molecule has 0 aliphatic carbocycles. The number of nitrogens with one attached hydrogen (secondary N) is 1. The molecular formula is C12H20N2O3. The molecule has 0 radical (unpaired) electrons. The lowest BCUT2D eigenvalue weighted by atomic mass is 10.1. The first-order valence-corrected chi connectivity index (χ1v) is 6.05. The van der Waals surface area contributed by atoms with Gasteiger partial charge in [0.15, 0.2) is 0 Å². The van der Waals surface area contributed by atoms with Crippen LogP contribution in [-0.2, 0) is 14.3 Å². The molecule has 1 unspecified atom stereocenters. The molecule has 5 heteroatoms. The molecule has 5 nitrogen and oxygen atoms in total. The molecule has 0 bridgehead atoms. The normalized spacial score (nSPS) is 34.5. The topological polar surface area (TPSA) is 50.8 Å². The molecule has 0 spiro atoms. The fraction of sp³-hybridized carbons (Fsp3) is 0.750. The number of carbonyl (C=O) groups excluding carboxylic acids is 1. The molecule has 2 aliphatic rings. The second-order valence-electron chi connectivity index (χ2n) is 4.60. The summed E-state index contributed by atoms with van der Waals surface area (Å²) in [6.45, 7) is 6.53. The van der Waals surface area contributed by atoms with E-state index in [-0.39, 0.29) is 24.2 Å². The second-order valence-corrected chi connectivity index (χ2v) is 4.60. The Morgan fingerprint density at radius 3 is 3.00 bits per heavy atom. The van der Waals surface area contributed by atoms with Gasteiger partial charge in [-0.2, -0.15) is 0 Å². The third kappa shape index (κ3) is 3.06. The number of hydrogen-bond donors (Lipinski definition) is 1. The van der Waals surface area contributed by atoms with E-state index in [2.05, 4.69) is 16.8 Å². The first kappa shape index (κ1) is 12.5. The van der Waals surface area contributed by atoms with Crippen molar-refractivity contribution in [1.29, 1.82) is 0 Å². The Morgan fingerprint density at radius 1 is 1.47 bits per heavy atom. The molecule has 0 aromatic carbocycles. The van der Waals surface area contributed by atoms with E-state index in [0.29, 0.717) is 19.8 Å². The molecule has 3 atom stereocenters. The fourth-order valence-corrected chi connectivity index (χ4v) is 2.21. The van der Waals surface area contributed by atoms with Crippen molar-refractivity contribution >= 4 is 5.91 Å². The van der Waals surface area contributed by atoms with E-state index >= 15 is 0 Å². The summed E-state index contributed by atoms with van der Waals surface area (Å²) in [4.78, 5) is 14.1. The molecule has 2 fully saturated rings. The van der Waals surface area contributed by atoms with Gasteiger partial charge in [0.1, 0.15) is 6.10 Å². The van der Waals surface area contributed by atoms with E-state index in [4.69, 9.17) is 9.47 Å². The van der Waals surface area contributed by atoms with E-state index in [1.165, 1.54) is 0 Å². The summed E-state index contributed by atoms with van der Waals surface area (Å²) in [5.74, 6) is -0.0427. The number of amides is 1. The highest BCUT2D eigenvalue weighted by Crippen LogP contribution is 2.15. The van der Waals surface area contributed by atoms with Crippen molar-refractivity contribution < 1.29 is 14.3 Å². The van der Waals surface area contributed by atoms with Crippen LogP contribution in [0.15, 0.2) is 12.7 Å². The third-order valence-corrected chi connectivity index (χ3v) is 3.26. The van der Waals surface area contributed by atoms with Crippen LogP contribution in [0.3, 0.4) is 0 Å². The van der Waals surface area contributed by atoms with Crippen LogP contribution < -0.4 is 5.32 Å². The van der Waals surface area contributed by atoms with Crippen LogP contribution in [-0.4, -0.2) is 62.4 Å². The number of hydrogen-bond acceptors (Lipinski definition) is 4. The molecule has 1 N–H and O–H groups in total. The van der Waals surface area contributed by atoms with Gasteiger partial charge in [-0.05, 0) is 13.5 Å². The molecule has 2 heterocycles. The minimum absolute atomic E-state index is 0.0378. The first-order valence-electron chi connectivity index (χ1n) is 6.05. The van der Waals surface area contributed by atoms with Gasteiger partial charge in [-0.3, -0.25) is 4.79 Å². The number of nitrogens with zero attached hydrogens (tertiary/aromatic N) is 1. The van der Waals surface area contributed by atoms with Crippen molar-refractivity contribution in [2.24, 2.45) is 0 Å². The highest BCUT2D eigenvalue weighted by molar-refractivity contribution is 5.81. The lowest BCUT2D eigenvalue weighted by molar-refractivity contribution is -0.138. The van der Waals surface area contributed by atoms with Crippen LogP contribution in [0.2, 0.25) is 0 Å². The maximum atomic E-state index is 12.0. The van der Waals surface area contributed by atoms with Gasteiger partial charge in [0.25, 0.3) is 5.91 Å². The number of morpholine rings is 1. The maximum Gasteiger partial charge on any atom is 0.250 e. The van der Waals surface area contributed by atoms with Crippen LogP contribution in [0.25, 0.3) is 0 Å². The Labute approximate surface area is 102 Å². The zero-order valence-electron chi connectivity index (χ0n) is 10.2. The summed E-state index contributed by atoms with van der Waals surface area (Å²) in [5, 5.41) is 2.98. The summed E-state index contributed by atoms with van der Waals surface area (Å²) in [5.41, 5.74) is 0. The van der Waals surface area contributed by atoms with Crippen molar-refractivity contribution in [3.8, 4) is 0 Å². The average Bonchev–Trinajstić information content (AvgIpc) is 2.76. The highest BCUT2D eigenvalue weighted by Gasteiger charge is 2.31. The summed E-state index contributed by atoms with van der Waals surface area (Å²) in [6.07, 6.45) is 2.15. The molecule has 0 aromatic heterocycles. The number of ether oxygens (including phenoxy) is 2. The summed E-state index contributed by atoms with van der Waals surface area (Å²) >= 11 is 0. The monoisotopic (exact) mass is 240 g/mol. The van der Waals surface area contributed by atoms with E-state index in [1.54, 1.807) is 6.08 Å². The molecule has 0 aromatic rings. The van der Waals surface area contributed by atoms with Crippen LogP contribution in [0.4, 0.5) is 0 Å². The minimum atomic E-state index is -0.361. The summed E-state index contributed by atoms with van der Waals surface area (Å²) in [6, 6.07) is 0.0378. The van der Waals surface area contributed by atoms with E-state index in [1.807, 2.05) is 7.05 Å². The quantitative estimate of drug-likeness (QED) is 0.693. The molecule has 0 saturated carbocycles. The van der Waals surface area contributed by atoms with Crippen LogP contribution in [0, 0.1) is 0 Å². The van der Waals surface area contributed by atoms with Crippen LogP contribution in [0.5, 0.6) is 0 Å². The van der Waals surface area contributed by atoms with Gasteiger partial charge in [-0.1, -0.05) is 6.08 Å². The molecule has 17 heavy (non-hydrogen) atoms. The summed E-state index contributed by atoms with van der Waals surface area (Å²) in [7, 11) is 1.99. The average molecular weight is 240 g/mol. The van der Waals surface area contributed by atoms with Gasteiger partial charge < -0.3 is 19.7 Å². The number of carbonyl (C=O) groups is 1. The van der Waals surface area contributed by atoms with Crippen LogP contribution in [0.1, 0.15) is 6.42 Å². The lowest BCUT2D eigenvalue weighted by Gasteiger charge is -2.30. The van der Waals surface area contributed by atoms with E-state index < -0.39 is 0 Å². The maximum absolute atomic E-state index is 12.0. The summed E-state index contributed by atoms with van der Waals surface area (Å²) < 4.78 is 10.9. The van der Waals surface area contributed by atoms with Crippen molar-refractivity contribution in [3.63, 3.8) is 0 Å². The molecule has 96 valence electrons. The standard InChI is InChI=1S/C12H20N2O3/c1-3-10-9(4-6-16-10)13-12(15)11-8-14(2)5-7-17-11/h3,9-11H,1,4-8H2,2H3,(H,13,15)/t9-,10+,11?/m1/s1. The Kier molecular flexibility index (Phi) is 4.15. The van der Waals surface area contributed by atoms with Gasteiger partial charge in [0.05, 0.1) is 18.8 Å². The van der Waals surface area contributed by atoms with Gasteiger partial charge in [0, 0.05) is 19.7 Å². The highest BCUT2D eigenvalue weighted by atomic mass is 16.5. The SMILES string of the molecule is C=C[C@@H]1OCC[C@H]1NC(=O)C1CN(C)CCO1. The molecule has 1 amide bonds. The van der Waals surface area contributed by atoms with Crippen molar-refractivity contribution in [1.82, 2.24) is 10.2 Å². The Hall–Kier alpha value is -0.910. The first-order chi connectivity index (χ1) is 8.20. The third-order valence-electron chi connectivity index (χ3n) is 3.26. The van der Waals surface area contributed by atoms with Gasteiger partial charge in [-0.15, -0.1) is 6.58 Å². The fourth-order valence-electron chi connectivity index (χ4n) is 2.21. The van der Waals surface area contributed by atoms with Gasteiger partial charge >= 0.3 is 0 Å². The Balaban J connectivity index is 1.85. The Bertz CT molecular complexity index is 295. The minimum Gasteiger partial charge on any atom is -0.372 e. The predicted molar refractivity (Wildman–Crippen MR) is 63.7 cm³/mol. The van der Waals surface area contributed by atoms with E-state index in [9.17, 15) is 4.79 Å². The second kappa shape index (κ2) is 5.62. The zero-order valence-corrected chi connectivity index (χ0v) is 10.2. The smallest absolute Gasteiger partial charge is 0.250 e. The van der Waals surface area contributed by atoms with Gasteiger partial charge in [-0.25, -0.2) is 0 Å². The zero-order chi connectivity index (χ0) is 12.3. The molecule has 2 rings (SSSR count). The number of rotatable bonds is 3. The largest absolute Gasteiger partial charge is 0.372 e. The van der Waals surface area contributed by atoms with Crippen molar-refractivity contribution in [3.05, 3.63) is 12.7 Å². The van der Waals surface area contributed by atoms with Crippen molar-refractivity contribution in [2.75, 3.05) is 33.4 Å².